The first kappa shape index (κ1) is 18.3. The van der Waals surface area contributed by atoms with Crippen molar-refractivity contribution >= 4 is 35.1 Å². The third kappa shape index (κ3) is 5.25. The van der Waals surface area contributed by atoms with Gasteiger partial charge in [0, 0.05) is 0 Å². The second-order valence-corrected chi connectivity index (χ2v) is 6.66. The van der Waals surface area contributed by atoms with Crippen LogP contribution in [0.5, 0.6) is 5.75 Å². The van der Waals surface area contributed by atoms with Gasteiger partial charge in [0.2, 0.25) is 0 Å². The van der Waals surface area contributed by atoms with Gasteiger partial charge in [-0.05, 0) is 66.6 Å². The highest BCUT2D eigenvalue weighted by molar-refractivity contribution is 6.42. The molecule has 3 aromatic rings. The predicted octanol–water partition coefficient (Wildman–Crippen LogP) is 6.33. The molecular formula is C21H18Cl2N2O. The van der Waals surface area contributed by atoms with Crippen molar-refractivity contribution in [3.05, 3.63) is 93.5 Å². The van der Waals surface area contributed by atoms with Crippen LogP contribution in [0.1, 0.15) is 16.7 Å². The number of benzene rings is 3. The second-order valence-electron chi connectivity index (χ2n) is 5.84. The van der Waals surface area contributed by atoms with E-state index < -0.39 is 0 Å². The average Bonchev–Trinajstić information content (AvgIpc) is 2.65. The number of hydrogen-bond acceptors (Lipinski definition) is 3. The van der Waals surface area contributed by atoms with Crippen molar-refractivity contribution < 1.29 is 4.74 Å². The van der Waals surface area contributed by atoms with Crippen molar-refractivity contribution in [3.8, 4) is 5.75 Å². The van der Waals surface area contributed by atoms with Crippen LogP contribution in [0.25, 0.3) is 0 Å². The second kappa shape index (κ2) is 8.75. The zero-order chi connectivity index (χ0) is 18.4. The molecule has 0 amide bonds. The number of anilines is 1. The number of rotatable bonds is 6. The lowest BCUT2D eigenvalue weighted by Gasteiger charge is -2.07. The Hall–Kier alpha value is -2.49. The maximum absolute atomic E-state index is 6.01. The molecule has 0 aliphatic heterocycles. The minimum absolute atomic E-state index is 0.430. The third-order valence-electron chi connectivity index (χ3n) is 3.73. The van der Waals surface area contributed by atoms with Gasteiger partial charge >= 0.3 is 0 Å². The molecule has 0 aliphatic rings. The van der Waals surface area contributed by atoms with Crippen LogP contribution in [-0.2, 0) is 6.61 Å². The normalized spacial score (nSPS) is 10.9. The maximum Gasteiger partial charge on any atom is 0.119 e. The molecule has 0 fully saturated rings. The first-order valence-electron chi connectivity index (χ1n) is 8.13. The van der Waals surface area contributed by atoms with Crippen molar-refractivity contribution in [3.63, 3.8) is 0 Å². The van der Waals surface area contributed by atoms with Gasteiger partial charge in [-0.1, -0.05) is 47.0 Å². The maximum atomic E-state index is 6.01. The average molecular weight is 385 g/mol. The molecule has 0 unspecified atom stereocenters. The topological polar surface area (TPSA) is 33.6 Å². The highest BCUT2D eigenvalue weighted by atomic mass is 35.5. The summed E-state index contributed by atoms with van der Waals surface area (Å²) in [4.78, 5) is 0. The van der Waals surface area contributed by atoms with Gasteiger partial charge < -0.3 is 4.74 Å². The van der Waals surface area contributed by atoms with Crippen LogP contribution in [0.2, 0.25) is 10.0 Å². The molecule has 3 rings (SSSR count). The lowest BCUT2D eigenvalue weighted by molar-refractivity contribution is 0.306. The van der Waals surface area contributed by atoms with Gasteiger partial charge in [-0.25, -0.2) is 0 Å². The van der Waals surface area contributed by atoms with E-state index in [0.29, 0.717) is 16.7 Å². The van der Waals surface area contributed by atoms with E-state index in [2.05, 4.69) is 17.5 Å². The molecule has 0 spiro atoms. The Kier molecular flexibility index (Phi) is 6.16. The molecule has 3 aromatic carbocycles. The standard InChI is InChI=1S/C21H18Cl2N2O/c1-15-2-7-18(8-3-15)25-24-13-16-4-9-19(10-5-16)26-14-17-6-11-20(22)21(23)12-17/h2-13,25H,14H2,1H3. The fourth-order valence-electron chi connectivity index (χ4n) is 2.26. The Morgan fingerprint density at radius 3 is 2.35 bits per heavy atom. The van der Waals surface area contributed by atoms with Crippen LogP contribution in [0.3, 0.4) is 0 Å². The summed E-state index contributed by atoms with van der Waals surface area (Å²) >= 11 is 11.9. The van der Waals surface area contributed by atoms with Gasteiger partial charge in [0.25, 0.3) is 0 Å². The van der Waals surface area contributed by atoms with E-state index >= 15 is 0 Å². The molecule has 0 bridgehead atoms. The number of hydrazone groups is 1. The van der Waals surface area contributed by atoms with Crippen molar-refractivity contribution in [2.45, 2.75) is 13.5 Å². The van der Waals surface area contributed by atoms with E-state index in [1.54, 1.807) is 12.3 Å². The fraction of sp³-hybridized carbons (Fsp3) is 0.0952. The Morgan fingerprint density at radius 2 is 1.65 bits per heavy atom. The number of nitrogens with one attached hydrogen (secondary N) is 1. The summed E-state index contributed by atoms with van der Waals surface area (Å²) < 4.78 is 5.77. The summed E-state index contributed by atoms with van der Waals surface area (Å²) in [5, 5.41) is 5.31. The number of halogens is 2. The first-order valence-corrected chi connectivity index (χ1v) is 8.88. The van der Waals surface area contributed by atoms with E-state index in [1.807, 2.05) is 60.7 Å². The predicted molar refractivity (Wildman–Crippen MR) is 110 cm³/mol. The lowest BCUT2D eigenvalue weighted by atomic mass is 10.2. The number of ether oxygens (including phenoxy) is 1. The first-order chi connectivity index (χ1) is 12.6. The van der Waals surface area contributed by atoms with Crippen LogP contribution in [-0.4, -0.2) is 6.21 Å². The monoisotopic (exact) mass is 384 g/mol. The van der Waals surface area contributed by atoms with Gasteiger partial charge in [-0.3, -0.25) is 5.43 Å². The summed E-state index contributed by atoms with van der Waals surface area (Å²) in [5.74, 6) is 0.778. The van der Waals surface area contributed by atoms with E-state index in [0.717, 1.165) is 22.6 Å². The third-order valence-corrected chi connectivity index (χ3v) is 4.47. The molecule has 26 heavy (non-hydrogen) atoms. The van der Waals surface area contributed by atoms with Gasteiger partial charge in [0.1, 0.15) is 12.4 Å². The van der Waals surface area contributed by atoms with Gasteiger partial charge in [-0.15, -0.1) is 0 Å². The van der Waals surface area contributed by atoms with Crippen LogP contribution in [0, 0.1) is 6.92 Å². The Bertz CT molecular complexity index is 891. The summed E-state index contributed by atoms with van der Waals surface area (Å²) in [6, 6.07) is 21.2. The minimum atomic E-state index is 0.430. The zero-order valence-corrected chi connectivity index (χ0v) is 15.8. The largest absolute Gasteiger partial charge is 0.489 e. The SMILES string of the molecule is Cc1ccc(NN=Cc2ccc(OCc3ccc(Cl)c(Cl)c3)cc2)cc1. The van der Waals surface area contributed by atoms with Gasteiger partial charge in [0.15, 0.2) is 0 Å². The Morgan fingerprint density at radius 1 is 0.923 bits per heavy atom. The van der Waals surface area contributed by atoms with E-state index in [4.69, 9.17) is 27.9 Å². The van der Waals surface area contributed by atoms with Crippen LogP contribution < -0.4 is 10.2 Å². The van der Waals surface area contributed by atoms with Crippen molar-refractivity contribution in [1.82, 2.24) is 0 Å². The Labute approximate surface area is 163 Å². The molecule has 0 atom stereocenters. The summed E-state index contributed by atoms with van der Waals surface area (Å²) in [5.41, 5.74) is 7.12. The van der Waals surface area contributed by atoms with Crippen molar-refractivity contribution in [2.75, 3.05) is 5.43 Å². The number of aryl methyl sites for hydroxylation is 1. The highest BCUT2D eigenvalue weighted by Crippen LogP contribution is 2.23. The minimum Gasteiger partial charge on any atom is -0.489 e. The van der Waals surface area contributed by atoms with Crippen LogP contribution in [0.4, 0.5) is 5.69 Å². The molecule has 0 aromatic heterocycles. The van der Waals surface area contributed by atoms with E-state index in [1.165, 1.54) is 5.56 Å². The quantitative estimate of drug-likeness (QED) is 0.398. The summed E-state index contributed by atoms with van der Waals surface area (Å²) in [7, 11) is 0. The fourth-order valence-corrected chi connectivity index (χ4v) is 2.58. The van der Waals surface area contributed by atoms with E-state index in [9.17, 15) is 0 Å². The van der Waals surface area contributed by atoms with Crippen molar-refractivity contribution in [2.24, 2.45) is 5.10 Å². The van der Waals surface area contributed by atoms with Crippen LogP contribution >= 0.6 is 23.2 Å². The molecule has 0 heterocycles. The molecule has 3 nitrogen and oxygen atoms in total. The van der Waals surface area contributed by atoms with E-state index in [-0.39, 0.29) is 0 Å². The molecule has 132 valence electrons. The molecule has 0 radical (unpaired) electrons. The molecule has 5 heteroatoms. The molecular weight excluding hydrogens is 367 g/mol. The van der Waals surface area contributed by atoms with Crippen molar-refractivity contribution in [1.29, 1.82) is 0 Å². The summed E-state index contributed by atoms with van der Waals surface area (Å²) in [6.45, 7) is 2.48. The van der Waals surface area contributed by atoms with Crippen LogP contribution in [0.15, 0.2) is 71.8 Å². The van der Waals surface area contributed by atoms with Gasteiger partial charge in [0.05, 0.1) is 21.9 Å². The number of nitrogens with zero attached hydrogens (tertiary/aromatic N) is 1. The highest BCUT2D eigenvalue weighted by Gasteiger charge is 2.01. The Balaban J connectivity index is 1.53. The lowest BCUT2D eigenvalue weighted by Crippen LogP contribution is -1.96. The van der Waals surface area contributed by atoms with Gasteiger partial charge in [-0.2, -0.15) is 5.10 Å². The molecule has 0 saturated carbocycles. The number of hydrogen-bond donors (Lipinski definition) is 1. The smallest absolute Gasteiger partial charge is 0.119 e. The molecule has 0 saturated heterocycles. The molecule has 1 N–H and O–H groups in total. The molecule has 0 aliphatic carbocycles. The summed E-state index contributed by atoms with van der Waals surface area (Å²) in [6.07, 6.45) is 1.77. The zero-order valence-electron chi connectivity index (χ0n) is 14.2.